The predicted octanol–water partition coefficient (Wildman–Crippen LogP) is -5.25. The van der Waals surface area contributed by atoms with Gasteiger partial charge in [-0.15, -0.1) is 0 Å². The Hall–Kier alpha value is -1.02. The lowest BCUT2D eigenvalue weighted by Crippen LogP contribution is -2.67. The first-order chi connectivity index (χ1) is 13.4. The van der Waals surface area contributed by atoms with Gasteiger partial charge in [0.1, 0.15) is 42.7 Å². The largest absolute Gasteiger partial charge is 0.479 e. The van der Waals surface area contributed by atoms with Crippen molar-refractivity contribution < 1.29 is 67.4 Å². The molecule has 0 spiro atoms. The monoisotopic (exact) mass is 449 g/mol. The summed E-state index contributed by atoms with van der Waals surface area (Å²) >= 11 is 0. The van der Waals surface area contributed by atoms with E-state index in [1.165, 1.54) is 0 Å². The zero-order chi connectivity index (χ0) is 22.1. The maximum absolute atomic E-state index is 11.2. The van der Waals surface area contributed by atoms with Crippen LogP contribution >= 0.6 is 0 Å². The zero-order valence-corrected chi connectivity index (χ0v) is 15.7. The van der Waals surface area contributed by atoms with Crippen LogP contribution in [0, 0.1) is 0 Å². The molecule has 170 valence electrons. The van der Waals surface area contributed by atoms with E-state index in [1.54, 1.807) is 4.72 Å². The van der Waals surface area contributed by atoms with Crippen LogP contribution in [0.1, 0.15) is 0 Å². The van der Waals surface area contributed by atoms with Crippen molar-refractivity contribution >= 4 is 16.3 Å². The van der Waals surface area contributed by atoms with Crippen molar-refractivity contribution in [2.45, 2.75) is 61.3 Å². The average molecular weight is 449 g/mol. The number of nitrogens with one attached hydrogen (secondary N) is 1. The summed E-state index contributed by atoms with van der Waals surface area (Å²) in [5.41, 5.74) is 0. The SMILES string of the molecule is CO[C@H]1O[C@H](CO)[C@@H](O[C@@H]2O[C@@H](C(=O)O)[C@@H](O)[C@H](O)[C@H]2O)[C@H](O)[C@H]1NS(=O)(=O)O. The summed E-state index contributed by atoms with van der Waals surface area (Å²) in [4.78, 5) is 11.2. The fourth-order valence-corrected chi connectivity index (χ4v) is 3.65. The molecule has 0 aliphatic carbocycles. The number of rotatable bonds is 7. The molecular weight excluding hydrogens is 426 g/mol. The number of hydrogen-bond acceptors (Lipinski definition) is 12. The van der Waals surface area contributed by atoms with Crippen molar-refractivity contribution in [3.8, 4) is 0 Å². The third-order valence-corrected chi connectivity index (χ3v) is 5.04. The first-order valence-electron chi connectivity index (χ1n) is 8.21. The Balaban J connectivity index is 2.26. The lowest BCUT2D eigenvalue weighted by Gasteiger charge is -2.46. The summed E-state index contributed by atoms with van der Waals surface area (Å²) in [6.45, 7) is -0.795. The van der Waals surface area contributed by atoms with Gasteiger partial charge in [-0.2, -0.15) is 13.1 Å². The Labute approximate surface area is 164 Å². The number of methoxy groups -OCH3 is 1. The molecule has 29 heavy (non-hydrogen) atoms. The summed E-state index contributed by atoms with van der Waals surface area (Å²) in [6.07, 6.45) is -16.2. The fourth-order valence-electron chi connectivity index (χ4n) is 3.05. The standard InChI is InChI=1S/C13H23NO14S/c1-25-12-4(14-29(22,23)24)5(16)9(3(2-15)26-12)27-13-8(19)6(17)7(18)10(28-13)11(20)21/h3-10,12-19H,2H2,1H3,(H,20,21)(H,22,23,24)/t3-,4-,5-,6+,7+,8-,9-,10-,12+,13-/m1/s1. The van der Waals surface area contributed by atoms with Crippen molar-refractivity contribution in [3.05, 3.63) is 0 Å². The van der Waals surface area contributed by atoms with E-state index in [-0.39, 0.29) is 0 Å². The van der Waals surface area contributed by atoms with Gasteiger partial charge in [0.25, 0.3) is 0 Å². The lowest BCUT2D eigenvalue weighted by atomic mass is 9.96. The number of aliphatic carboxylic acids is 1. The van der Waals surface area contributed by atoms with Gasteiger partial charge in [-0.25, -0.2) is 4.79 Å². The quantitative estimate of drug-likeness (QED) is 0.169. The van der Waals surface area contributed by atoms with E-state index in [1.807, 2.05) is 0 Å². The number of aliphatic hydroxyl groups is 5. The number of aliphatic hydroxyl groups excluding tert-OH is 5. The third kappa shape index (κ3) is 5.37. The van der Waals surface area contributed by atoms with Crippen molar-refractivity contribution in [1.29, 1.82) is 0 Å². The molecular formula is C13H23NO14S. The molecule has 15 nitrogen and oxygen atoms in total. The Morgan fingerprint density at radius 1 is 1.03 bits per heavy atom. The van der Waals surface area contributed by atoms with E-state index in [2.05, 4.69) is 0 Å². The second kappa shape index (κ2) is 9.41. The van der Waals surface area contributed by atoms with Crippen LogP contribution in [0.2, 0.25) is 0 Å². The Kier molecular flexibility index (Phi) is 7.87. The molecule has 0 aromatic carbocycles. The molecule has 2 saturated heterocycles. The Morgan fingerprint density at radius 2 is 1.66 bits per heavy atom. The highest BCUT2D eigenvalue weighted by Crippen LogP contribution is 2.29. The molecule has 16 heteroatoms. The van der Waals surface area contributed by atoms with Gasteiger partial charge >= 0.3 is 16.3 Å². The summed E-state index contributed by atoms with van der Waals surface area (Å²) in [5, 5.41) is 58.6. The smallest absolute Gasteiger partial charge is 0.335 e. The number of carbonyl (C=O) groups is 1. The van der Waals surface area contributed by atoms with Crippen molar-refractivity contribution in [2.24, 2.45) is 0 Å². The van der Waals surface area contributed by atoms with Crippen LogP contribution < -0.4 is 4.72 Å². The molecule has 8 N–H and O–H groups in total. The van der Waals surface area contributed by atoms with E-state index in [9.17, 15) is 38.7 Å². The first-order valence-corrected chi connectivity index (χ1v) is 9.65. The molecule has 2 fully saturated rings. The minimum atomic E-state index is -4.85. The highest BCUT2D eigenvalue weighted by Gasteiger charge is 2.52. The number of carboxylic acids is 1. The van der Waals surface area contributed by atoms with Crippen LogP contribution in [0.3, 0.4) is 0 Å². The second-order valence-corrected chi connectivity index (χ2v) is 7.59. The van der Waals surface area contributed by atoms with Gasteiger partial charge in [0.2, 0.25) is 0 Å². The molecule has 10 atom stereocenters. The molecule has 2 rings (SSSR count). The summed E-state index contributed by atoms with van der Waals surface area (Å²) < 4.78 is 53.3. The molecule has 0 amide bonds. The first kappa shape index (κ1) is 24.3. The van der Waals surface area contributed by atoms with Gasteiger partial charge in [0.05, 0.1) is 6.61 Å². The van der Waals surface area contributed by atoms with Crippen LogP contribution in [0.5, 0.6) is 0 Å². The summed E-state index contributed by atoms with van der Waals surface area (Å²) in [7, 11) is -3.75. The van der Waals surface area contributed by atoms with Crippen molar-refractivity contribution in [2.75, 3.05) is 13.7 Å². The summed E-state index contributed by atoms with van der Waals surface area (Å²) in [6, 6.07) is -1.64. The Morgan fingerprint density at radius 3 is 2.14 bits per heavy atom. The average Bonchev–Trinajstić information content (AvgIpc) is 2.63. The van der Waals surface area contributed by atoms with Crippen LogP contribution in [0.4, 0.5) is 0 Å². The number of carboxylic acid groups (broad SMARTS) is 1. The molecule has 0 saturated carbocycles. The zero-order valence-electron chi connectivity index (χ0n) is 14.9. The van der Waals surface area contributed by atoms with E-state index >= 15 is 0 Å². The fraction of sp³-hybridized carbons (Fsp3) is 0.923. The van der Waals surface area contributed by atoms with Crippen molar-refractivity contribution in [1.82, 2.24) is 4.72 Å². The van der Waals surface area contributed by atoms with Crippen LogP contribution in [-0.4, -0.2) is 125 Å². The van der Waals surface area contributed by atoms with Gasteiger partial charge in [-0.3, -0.25) is 4.55 Å². The van der Waals surface area contributed by atoms with Gasteiger partial charge in [0, 0.05) is 7.11 Å². The normalized spacial score (nSPS) is 43.8. The molecule has 2 heterocycles. The molecule has 0 unspecified atom stereocenters. The van der Waals surface area contributed by atoms with Gasteiger partial charge in [-0.05, 0) is 0 Å². The van der Waals surface area contributed by atoms with E-state index in [0.717, 1.165) is 7.11 Å². The highest BCUT2D eigenvalue weighted by atomic mass is 32.2. The lowest BCUT2D eigenvalue weighted by molar-refractivity contribution is -0.341. The van der Waals surface area contributed by atoms with Crippen LogP contribution in [0.15, 0.2) is 0 Å². The molecule has 2 aliphatic heterocycles. The number of ether oxygens (including phenoxy) is 4. The van der Waals surface area contributed by atoms with Crippen molar-refractivity contribution in [3.63, 3.8) is 0 Å². The molecule has 0 bridgehead atoms. The van der Waals surface area contributed by atoms with Gasteiger partial charge in [-0.1, -0.05) is 0 Å². The predicted molar refractivity (Wildman–Crippen MR) is 86.4 cm³/mol. The van der Waals surface area contributed by atoms with Gasteiger partial charge in [0.15, 0.2) is 18.7 Å². The van der Waals surface area contributed by atoms with E-state index in [0.29, 0.717) is 0 Å². The second-order valence-electron chi connectivity index (χ2n) is 6.41. The molecule has 0 aromatic rings. The minimum absolute atomic E-state index is 0.795. The number of hydrogen-bond donors (Lipinski definition) is 8. The summed E-state index contributed by atoms with van der Waals surface area (Å²) in [5.74, 6) is -1.68. The molecule has 2 aliphatic rings. The molecule has 0 aromatic heterocycles. The topological polar surface area (TPSA) is 242 Å². The van der Waals surface area contributed by atoms with Crippen LogP contribution in [-0.2, 0) is 34.0 Å². The molecule has 0 radical (unpaired) electrons. The minimum Gasteiger partial charge on any atom is -0.479 e. The highest BCUT2D eigenvalue weighted by molar-refractivity contribution is 7.83. The third-order valence-electron chi connectivity index (χ3n) is 4.47. The maximum atomic E-state index is 11.2. The van der Waals surface area contributed by atoms with Gasteiger partial charge < -0.3 is 49.6 Å². The Bertz CT molecular complexity index is 674. The van der Waals surface area contributed by atoms with Crippen LogP contribution in [0.25, 0.3) is 0 Å². The van der Waals surface area contributed by atoms with E-state index in [4.69, 9.17) is 28.6 Å². The maximum Gasteiger partial charge on any atom is 0.335 e. The van der Waals surface area contributed by atoms with E-state index < -0.39 is 84.2 Å².